The summed E-state index contributed by atoms with van der Waals surface area (Å²) in [4.78, 5) is 39.1. The lowest BCUT2D eigenvalue weighted by Gasteiger charge is -2.34. The monoisotopic (exact) mass is 509 g/mol. The lowest BCUT2D eigenvalue weighted by atomic mass is 9.99. The van der Waals surface area contributed by atoms with E-state index in [2.05, 4.69) is 0 Å². The molecule has 36 heavy (non-hydrogen) atoms. The average Bonchev–Trinajstić information content (AvgIpc) is 2.86. The Morgan fingerprint density at radius 2 is 1.78 bits per heavy atom. The van der Waals surface area contributed by atoms with E-state index in [4.69, 9.17) is 14.2 Å². The molecule has 0 saturated carbocycles. The first kappa shape index (κ1) is 29.7. The van der Waals surface area contributed by atoms with E-state index in [1.807, 2.05) is 13.8 Å². The van der Waals surface area contributed by atoms with Gasteiger partial charge in [0.05, 0.1) is 30.8 Å². The minimum Gasteiger partial charge on any atom is -0.480 e. The number of nitrogens with zero attached hydrogens (tertiary/aromatic N) is 1. The third-order valence-electron chi connectivity index (χ3n) is 5.76. The van der Waals surface area contributed by atoms with Gasteiger partial charge in [-0.05, 0) is 71.2 Å². The topological polar surface area (TPSA) is 102 Å². The van der Waals surface area contributed by atoms with Crippen LogP contribution in [-0.2, 0) is 23.8 Å². The molecule has 9 heteroatoms. The number of carboxylic acid groups (broad SMARTS) is 1. The Morgan fingerprint density at radius 1 is 1.17 bits per heavy atom. The van der Waals surface area contributed by atoms with Crippen LogP contribution in [0.3, 0.4) is 0 Å². The molecule has 202 valence electrons. The van der Waals surface area contributed by atoms with Gasteiger partial charge < -0.3 is 24.2 Å². The molecular weight excluding hydrogens is 469 g/mol. The Balaban J connectivity index is 2.22. The second-order valence-electron chi connectivity index (χ2n) is 11.3. The molecule has 1 saturated heterocycles. The molecule has 0 bridgehead atoms. The molecular formula is C27H40FNO7. The minimum absolute atomic E-state index is 0.0647. The smallest absolute Gasteiger partial charge is 0.326 e. The maximum Gasteiger partial charge on any atom is 0.326 e. The molecule has 1 aliphatic heterocycles. The van der Waals surface area contributed by atoms with Crippen LogP contribution in [0.4, 0.5) is 4.39 Å². The first-order chi connectivity index (χ1) is 16.6. The molecule has 0 aromatic heterocycles. The van der Waals surface area contributed by atoms with Crippen molar-refractivity contribution in [2.24, 2.45) is 5.92 Å². The van der Waals surface area contributed by atoms with Crippen LogP contribution in [0.2, 0.25) is 0 Å². The summed E-state index contributed by atoms with van der Waals surface area (Å²) in [5, 5.41) is 9.90. The summed E-state index contributed by atoms with van der Waals surface area (Å²) in [5.74, 6) is -2.83. The second kappa shape index (κ2) is 12.1. The van der Waals surface area contributed by atoms with Crippen molar-refractivity contribution in [1.29, 1.82) is 0 Å². The molecule has 1 aliphatic rings. The molecule has 8 nitrogen and oxygen atoms in total. The Bertz CT molecular complexity index is 908. The molecule has 1 unspecified atom stereocenters. The average molecular weight is 510 g/mol. The highest BCUT2D eigenvalue weighted by Crippen LogP contribution is 2.27. The van der Waals surface area contributed by atoms with Gasteiger partial charge in [-0.3, -0.25) is 9.59 Å². The van der Waals surface area contributed by atoms with Gasteiger partial charge in [0.2, 0.25) is 0 Å². The Labute approximate surface area is 213 Å². The van der Waals surface area contributed by atoms with Crippen molar-refractivity contribution < 1.29 is 38.1 Å². The number of rotatable bonds is 9. The van der Waals surface area contributed by atoms with Crippen molar-refractivity contribution in [1.82, 2.24) is 4.90 Å². The van der Waals surface area contributed by atoms with Gasteiger partial charge in [0.1, 0.15) is 17.5 Å². The van der Waals surface area contributed by atoms with E-state index in [1.165, 1.54) is 29.2 Å². The largest absolute Gasteiger partial charge is 0.480 e. The number of carbonyl (C=O) groups is 3. The van der Waals surface area contributed by atoms with Crippen molar-refractivity contribution >= 4 is 17.8 Å². The fourth-order valence-corrected chi connectivity index (χ4v) is 4.29. The van der Waals surface area contributed by atoms with Gasteiger partial charge in [-0.2, -0.15) is 0 Å². The fraction of sp³-hybridized carbons (Fsp3) is 0.667. The van der Waals surface area contributed by atoms with Gasteiger partial charge in [0.25, 0.3) is 5.91 Å². The molecule has 3 atom stereocenters. The Kier molecular flexibility index (Phi) is 10.0. The fourth-order valence-electron chi connectivity index (χ4n) is 4.29. The van der Waals surface area contributed by atoms with Crippen molar-refractivity contribution in [3.05, 3.63) is 35.6 Å². The normalized spacial score (nSPS) is 20.9. The zero-order valence-corrected chi connectivity index (χ0v) is 22.4. The van der Waals surface area contributed by atoms with E-state index in [1.54, 1.807) is 34.6 Å². The van der Waals surface area contributed by atoms with Gasteiger partial charge in [-0.1, -0.05) is 13.8 Å². The number of aliphatic carboxylic acids is 1. The highest BCUT2D eigenvalue weighted by molar-refractivity contribution is 5.96. The molecule has 0 radical (unpaired) electrons. The first-order valence-electron chi connectivity index (χ1n) is 12.4. The third-order valence-corrected chi connectivity index (χ3v) is 5.76. The summed E-state index contributed by atoms with van der Waals surface area (Å²) in [6.07, 6.45) is -0.0371. The van der Waals surface area contributed by atoms with Gasteiger partial charge in [0.15, 0.2) is 0 Å². The number of halogens is 1. The summed E-state index contributed by atoms with van der Waals surface area (Å²) in [6, 6.07) is 3.97. The first-order valence-corrected chi connectivity index (χ1v) is 12.4. The van der Waals surface area contributed by atoms with Crippen LogP contribution in [-0.4, -0.2) is 70.5 Å². The predicted octanol–water partition coefficient (Wildman–Crippen LogP) is 4.45. The molecule has 1 heterocycles. The van der Waals surface area contributed by atoms with Crippen LogP contribution >= 0.6 is 0 Å². The van der Waals surface area contributed by atoms with Crippen molar-refractivity contribution in [3.63, 3.8) is 0 Å². The number of carboxylic acids is 1. The van der Waals surface area contributed by atoms with Crippen molar-refractivity contribution in [2.45, 2.75) is 97.2 Å². The highest BCUT2D eigenvalue weighted by atomic mass is 19.1. The molecule has 2 rings (SSSR count). The van der Waals surface area contributed by atoms with Gasteiger partial charge in [-0.25, -0.2) is 9.18 Å². The van der Waals surface area contributed by atoms with E-state index in [9.17, 15) is 23.9 Å². The van der Waals surface area contributed by atoms with Crippen LogP contribution in [0.5, 0.6) is 0 Å². The van der Waals surface area contributed by atoms with Crippen molar-refractivity contribution in [2.75, 3.05) is 13.2 Å². The molecule has 1 amide bonds. The summed E-state index contributed by atoms with van der Waals surface area (Å²) < 4.78 is 31.0. The Morgan fingerprint density at radius 3 is 2.31 bits per heavy atom. The number of esters is 1. The molecule has 0 aliphatic carbocycles. The number of carbonyl (C=O) groups excluding carboxylic acids is 2. The number of benzene rings is 1. The summed E-state index contributed by atoms with van der Waals surface area (Å²) in [5.41, 5.74) is -1.04. The lowest BCUT2D eigenvalue weighted by molar-refractivity contribution is -0.158. The van der Waals surface area contributed by atoms with E-state index in [-0.39, 0.29) is 43.1 Å². The zero-order valence-electron chi connectivity index (χ0n) is 22.4. The lowest BCUT2D eigenvalue weighted by Crippen LogP contribution is -2.49. The quantitative estimate of drug-likeness (QED) is 0.491. The minimum atomic E-state index is -1.12. The summed E-state index contributed by atoms with van der Waals surface area (Å²) in [7, 11) is 0. The van der Waals surface area contributed by atoms with Crippen LogP contribution in [0.25, 0.3) is 0 Å². The predicted molar refractivity (Wildman–Crippen MR) is 132 cm³/mol. The SMILES string of the molecule is CC(C)C(C(=O)O)N(CC[C@@H]1C[C@H](CC(=O)OC(C)(C)C)OCC(C)(C)O1)C(=O)c1ccc(F)cc1. The highest BCUT2D eigenvalue weighted by Gasteiger charge is 2.37. The van der Waals surface area contributed by atoms with Crippen LogP contribution in [0.1, 0.15) is 78.1 Å². The summed E-state index contributed by atoms with van der Waals surface area (Å²) in [6.45, 7) is 13.0. The standard InChI is InChI=1S/C27H40FNO7/c1-17(2)23(25(32)33)29(24(31)18-8-10-19(28)11-9-18)13-12-20-14-21(34-16-27(6,7)35-20)15-22(30)36-26(3,4)5/h8-11,17,20-21,23H,12-16H2,1-7H3,(H,32,33)/t20-,21-,23?/m1/s1. The zero-order chi connectivity index (χ0) is 27.3. The number of amides is 1. The maximum atomic E-state index is 13.4. The number of hydrogen-bond acceptors (Lipinski definition) is 6. The van der Waals surface area contributed by atoms with Gasteiger partial charge in [0, 0.05) is 18.5 Å². The maximum absolute atomic E-state index is 13.4. The number of hydrogen-bond donors (Lipinski definition) is 1. The Hall–Kier alpha value is -2.52. The molecule has 1 aromatic rings. The van der Waals surface area contributed by atoms with E-state index < -0.39 is 41.0 Å². The van der Waals surface area contributed by atoms with Gasteiger partial charge >= 0.3 is 11.9 Å². The molecule has 1 fully saturated rings. The van der Waals surface area contributed by atoms with E-state index >= 15 is 0 Å². The van der Waals surface area contributed by atoms with Crippen LogP contribution < -0.4 is 0 Å². The number of ether oxygens (including phenoxy) is 3. The third kappa shape index (κ3) is 9.17. The van der Waals surface area contributed by atoms with Crippen LogP contribution in [0, 0.1) is 11.7 Å². The summed E-state index contributed by atoms with van der Waals surface area (Å²) >= 11 is 0. The van der Waals surface area contributed by atoms with Gasteiger partial charge in [-0.15, -0.1) is 0 Å². The molecule has 1 aromatic carbocycles. The van der Waals surface area contributed by atoms with Crippen molar-refractivity contribution in [3.8, 4) is 0 Å². The molecule has 1 N–H and O–H groups in total. The van der Waals surface area contributed by atoms with E-state index in [0.717, 1.165) is 0 Å². The van der Waals surface area contributed by atoms with E-state index in [0.29, 0.717) is 12.8 Å². The molecule has 0 spiro atoms. The van der Waals surface area contributed by atoms with Crippen LogP contribution in [0.15, 0.2) is 24.3 Å². The second-order valence-corrected chi connectivity index (χ2v) is 11.3.